The van der Waals surface area contributed by atoms with Crippen molar-refractivity contribution in [2.75, 3.05) is 20.1 Å². The van der Waals surface area contributed by atoms with Gasteiger partial charge in [0.15, 0.2) is 0 Å². The molecule has 0 radical (unpaired) electrons. The number of hydrogen-bond acceptors (Lipinski definition) is 2. The molecule has 1 aliphatic heterocycles. The number of nitrogens with one attached hydrogen (secondary N) is 1. The minimum absolute atomic E-state index is 0.164. The van der Waals surface area contributed by atoms with Crippen molar-refractivity contribution < 1.29 is 4.79 Å². The van der Waals surface area contributed by atoms with Gasteiger partial charge >= 0.3 is 0 Å². The van der Waals surface area contributed by atoms with Crippen LogP contribution >= 0.6 is 0 Å². The quantitative estimate of drug-likeness (QED) is 0.710. The fourth-order valence-electron chi connectivity index (χ4n) is 1.69. The second-order valence-electron chi connectivity index (χ2n) is 3.62. The molecule has 14 heavy (non-hydrogen) atoms. The van der Waals surface area contributed by atoms with Crippen LogP contribution in [0.25, 0.3) is 0 Å². The highest BCUT2D eigenvalue weighted by molar-refractivity contribution is 5.78. The Morgan fingerprint density at radius 1 is 1.36 bits per heavy atom. The van der Waals surface area contributed by atoms with Crippen molar-refractivity contribution in [1.82, 2.24) is 10.2 Å². The predicted octanol–water partition coefficient (Wildman–Crippen LogP) is 0.789. The number of amides is 1. The normalized spacial score (nSPS) is 22.5. The standard InChI is InChI=1S/C11H14N2O/c1-13-8-10(12-7-11(13)14)9-5-3-2-4-6-9/h2-6,10,12H,7-8H2,1H3. The molecule has 1 amide bonds. The highest BCUT2D eigenvalue weighted by Gasteiger charge is 2.22. The van der Waals surface area contributed by atoms with Crippen LogP contribution < -0.4 is 5.32 Å². The molecule has 0 spiro atoms. The average molecular weight is 190 g/mol. The van der Waals surface area contributed by atoms with E-state index in [1.165, 1.54) is 5.56 Å². The first-order chi connectivity index (χ1) is 6.77. The van der Waals surface area contributed by atoms with E-state index >= 15 is 0 Å². The summed E-state index contributed by atoms with van der Waals surface area (Å²) in [6.07, 6.45) is 0. The molecule has 74 valence electrons. The summed E-state index contributed by atoms with van der Waals surface area (Å²) >= 11 is 0. The van der Waals surface area contributed by atoms with Gasteiger partial charge in [0.25, 0.3) is 0 Å². The van der Waals surface area contributed by atoms with Crippen molar-refractivity contribution in [3.05, 3.63) is 35.9 Å². The van der Waals surface area contributed by atoms with Gasteiger partial charge in [-0.2, -0.15) is 0 Å². The van der Waals surface area contributed by atoms with Crippen molar-refractivity contribution in [1.29, 1.82) is 0 Å². The monoisotopic (exact) mass is 190 g/mol. The summed E-state index contributed by atoms with van der Waals surface area (Å²) < 4.78 is 0. The maximum atomic E-state index is 11.2. The Morgan fingerprint density at radius 3 is 2.71 bits per heavy atom. The minimum Gasteiger partial charge on any atom is -0.343 e. The van der Waals surface area contributed by atoms with E-state index in [1.807, 2.05) is 25.2 Å². The summed E-state index contributed by atoms with van der Waals surface area (Å²) in [4.78, 5) is 13.0. The Hall–Kier alpha value is -1.35. The van der Waals surface area contributed by atoms with Crippen LogP contribution in [-0.4, -0.2) is 30.9 Å². The highest BCUT2D eigenvalue weighted by atomic mass is 16.2. The molecule has 1 atom stereocenters. The number of benzene rings is 1. The Balaban J connectivity index is 2.11. The molecule has 1 aromatic carbocycles. The van der Waals surface area contributed by atoms with E-state index < -0.39 is 0 Å². The first-order valence-corrected chi connectivity index (χ1v) is 4.79. The summed E-state index contributed by atoms with van der Waals surface area (Å²) in [5.41, 5.74) is 1.24. The van der Waals surface area contributed by atoms with Gasteiger partial charge < -0.3 is 4.90 Å². The van der Waals surface area contributed by atoms with Crippen LogP contribution in [0.1, 0.15) is 11.6 Å². The van der Waals surface area contributed by atoms with E-state index in [4.69, 9.17) is 0 Å². The molecule has 1 unspecified atom stereocenters. The highest BCUT2D eigenvalue weighted by Crippen LogP contribution is 2.15. The van der Waals surface area contributed by atoms with Crippen molar-refractivity contribution in [3.63, 3.8) is 0 Å². The van der Waals surface area contributed by atoms with Crippen molar-refractivity contribution in [2.24, 2.45) is 0 Å². The molecule has 0 aromatic heterocycles. The summed E-state index contributed by atoms with van der Waals surface area (Å²) in [7, 11) is 1.85. The molecule has 0 saturated carbocycles. The molecule has 0 bridgehead atoms. The van der Waals surface area contributed by atoms with Crippen LogP contribution in [0, 0.1) is 0 Å². The third-order valence-electron chi connectivity index (χ3n) is 2.58. The van der Waals surface area contributed by atoms with Gasteiger partial charge in [0, 0.05) is 13.6 Å². The topological polar surface area (TPSA) is 32.3 Å². The number of nitrogens with zero attached hydrogens (tertiary/aromatic N) is 1. The molecular formula is C11H14N2O. The van der Waals surface area contributed by atoms with E-state index in [1.54, 1.807) is 4.90 Å². The van der Waals surface area contributed by atoms with Gasteiger partial charge in [-0.3, -0.25) is 10.1 Å². The zero-order valence-electron chi connectivity index (χ0n) is 8.23. The predicted molar refractivity (Wildman–Crippen MR) is 54.8 cm³/mol. The number of rotatable bonds is 1. The van der Waals surface area contributed by atoms with E-state index in [0.29, 0.717) is 6.54 Å². The molecule has 1 fully saturated rings. The van der Waals surface area contributed by atoms with Crippen molar-refractivity contribution in [2.45, 2.75) is 6.04 Å². The van der Waals surface area contributed by atoms with Gasteiger partial charge in [0.2, 0.25) is 5.91 Å². The fraction of sp³-hybridized carbons (Fsp3) is 0.364. The van der Waals surface area contributed by atoms with Crippen LogP contribution in [-0.2, 0) is 4.79 Å². The Bertz CT molecular complexity index is 323. The van der Waals surface area contributed by atoms with Crippen LogP contribution in [0.4, 0.5) is 0 Å². The van der Waals surface area contributed by atoms with Crippen LogP contribution in [0.15, 0.2) is 30.3 Å². The van der Waals surface area contributed by atoms with Crippen LogP contribution in [0.2, 0.25) is 0 Å². The van der Waals surface area contributed by atoms with Gasteiger partial charge in [-0.05, 0) is 5.56 Å². The number of likely N-dealkylation sites (N-methyl/N-ethyl adjacent to an activating group) is 1. The molecule has 1 N–H and O–H groups in total. The van der Waals surface area contributed by atoms with E-state index in [2.05, 4.69) is 17.4 Å². The molecule has 3 nitrogen and oxygen atoms in total. The summed E-state index contributed by atoms with van der Waals surface area (Å²) in [5.74, 6) is 0.164. The second-order valence-corrected chi connectivity index (χ2v) is 3.62. The van der Waals surface area contributed by atoms with E-state index in [9.17, 15) is 4.79 Å². The average Bonchev–Trinajstić information content (AvgIpc) is 2.23. The van der Waals surface area contributed by atoms with Crippen LogP contribution in [0.3, 0.4) is 0 Å². The zero-order valence-corrected chi connectivity index (χ0v) is 8.23. The maximum absolute atomic E-state index is 11.2. The Labute approximate surface area is 83.7 Å². The Kier molecular flexibility index (Phi) is 2.50. The van der Waals surface area contributed by atoms with Crippen molar-refractivity contribution in [3.8, 4) is 0 Å². The van der Waals surface area contributed by atoms with E-state index in [0.717, 1.165) is 6.54 Å². The third kappa shape index (κ3) is 1.77. The molecular weight excluding hydrogens is 176 g/mol. The lowest BCUT2D eigenvalue weighted by atomic mass is 10.1. The molecule has 3 heteroatoms. The number of hydrogen-bond donors (Lipinski definition) is 1. The first kappa shape index (κ1) is 9.21. The molecule has 2 rings (SSSR count). The van der Waals surface area contributed by atoms with Gasteiger partial charge in [-0.25, -0.2) is 0 Å². The zero-order chi connectivity index (χ0) is 9.97. The summed E-state index contributed by atoms with van der Waals surface area (Å²) in [6.45, 7) is 1.19. The number of carbonyl (C=O) groups is 1. The molecule has 1 aliphatic rings. The first-order valence-electron chi connectivity index (χ1n) is 4.79. The lowest BCUT2D eigenvalue weighted by Gasteiger charge is -2.30. The van der Waals surface area contributed by atoms with Gasteiger partial charge in [0.1, 0.15) is 0 Å². The van der Waals surface area contributed by atoms with Crippen molar-refractivity contribution >= 4 is 5.91 Å². The largest absolute Gasteiger partial charge is 0.343 e. The second kappa shape index (κ2) is 3.80. The van der Waals surface area contributed by atoms with E-state index in [-0.39, 0.29) is 11.9 Å². The van der Waals surface area contributed by atoms with Crippen LogP contribution in [0.5, 0.6) is 0 Å². The molecule has 1 saturated heterocycles. The number of carbonyl (C=O) groups excluding carboxylic acids is 1. The maximum Gasteiger partial charge on any atom is 0.236 e. The molecule has 1 heterocycles. The van der Waals surface area contributed by atoms with Gasteiger partial charge in [-0.1, -0.05) is 30.3 Å². The smallest absolute Gasteiger partial charge is 0.236 e. The lowest BCUT2D eigenvalue weighted by molar-refractivity contribution is -0.131. The summed E-state index contributed by atoms with van der Waals surface area (Å²) in [5, 5.41) is 3.22. The SMILES string of the molecule is CN1CC(c2ccccc2)NCC1=O. The molecule has 1 aromatic rings. The van der Waals surface area contributed by atoms with Gasteiger partial charge in [-0.15, -0.1) is 0 Å². The lowest BCUT2D eigenvalue weighted by Crippen LogP contribution is -2.47. The fourth-order valence-corrected chi connectivity index (χ4v) is 1.69. The minimum atomic E-state index is 0.164. The third-order valence-corrected chi connectivity index (χ3v) is 2.58. The molecule has 0 aliphatic carbocycles. The Morgan fingerprint density at radius 2 is 2.07 bits per heavy atom. The summed E-state index contributed by atoms with van der Waals surface area (Å²) in [6, 6.07) is 10.5. The number of piperazine rings is 1. The van der Waals surface area contributed by atoms with Gasteiger partial charge in [0.05, 0.1) is 12.6 Å².